The monoisotopic (exact) mass is 381 g/mol. The summed E-state index contributed by atoms with van der Waals surface area (Å²) < 4.78 is 5.91. The zero-order chi connectivity index (χ0) is 13.9. The summed E-state index contributed by atoms with van der Waals surface area (Å²) in [5.74, 6) is -0.940. The second kappa shape index (κ2) is 5.88. The lowest BCUT2D eigenvalue weighted by atomic mass is 10.1. The van der Waals surface area contributed by atoms with Crippen LogP contribution in [0.15, 0.2) is 18.2 Å². The summed E-state index contributed by atoms with van der Waals surface area (Å²) in [6, 6.07) is 5.25. The number of carbonyl (C=O) groups excluding carboxylic acids is 2. The topological polar surface area (TPSA) is 55.4 Å². The first-order valence-corrected chi connectivity index (χ1v) is 6.64. The van der Waals surface area contributed by atoms with Gasteiger partial charge in [0.05, 0.1) is 10.7 Å². The van der Waals surface area contributed by atoms with Gasteiger partial charge in [-0.05, 0) is 54.6 Å². The number of halogens is 2. The highest BCUT2D eigenvalue weighted by Gasteiger charge is 2.31. The van der Waals surface area contributed by atoms with E-state index in [1.165, 1.54) is 20.8 Å². The number of ether oxygens (including phenoxy) is 1. The summed E-state index contributed by atoms with van der Waals surface area (Å²) in [6.45, 7) is 4.29. The molecule has 4 nitrogen and oxygen atoms in total. The third kappa shape index (κ3) is 4.13. The Morgan fingerprint density at radius 2 is 2.00 bits per heavy atom. The molecular weight excluding hydrogens is 368 g/mol. The number of carbonyl (C=O) groups is 2. The van der Waals surface area contributed by atoms with Crippen molar-refractivity contribution in [1.82, 2.24) is 0 Å². The number of hydrogen-bond acceptors (Lipinski definition) is 3. The molecule has 0 bridgehead atoms. The Hall–Kier alpha value is -0.820. The number of esters is 1. The molecule has 0 atom stereocenters. The molecule has 0 saturated heterocycles. The first kappa shape index (κ1) is 15.2. The number of rotatable bonds is 3. The predicted octanol–water partition coefficient (Wildman–Crippen LogP) is 3.22. The van der Waals surface area contributed by atoms with Crippen molar-refractivity contribution in [2.24, 2.45) is 0 Å². The third-order valence-electron chi connectivity index (χ3n) is 2.13. The molecule has 1 amide bonds. The molecule has 0 aromatic heterocycles. The molecule has 0 fully saturated rings. The van der Waals surface area contributed by atoms with Gasteiger partial charge in [-0.3, -0.25) is 9.59 Å². The van der Waals surface area contributed by atoms with E-state index in [-0.39, 0.29) is 0 Å². The largest absolute Gasteiger partial charge is 0.450 e. The quantitative estimate of drug-likeness (QED) is 0.646. The van der Waals surface area contributed by atoms with Crippen molar-refractivity contribution in [3.63, 3.8) is 0 Å². The van der Waals surface area contributed by atoms with Crippen LogP contribution >= 0.6 is 34.2 Å². The fourth-order valence-corrected chi connectivity index (χ4v) is 2.17. The van der Waals surface area contributed by atoms with Gasteiger partial charge in [0.1, 0.15) is 0 Å². The van der Waals surface area contributed by atoms with Gasteiger partial charge in [-0.1, -0.05) is 11.6 Å². The van der Waals surface area contributed by atoms with E-state index in [1.807, 2.05) is 6.07 Å². The molecule has 0 heterocycles. The summed E-state index contributed by atoms with van der Waals surface area (Å²) in [4.78, 5) is 22.9. The first-order chi connectivity index (χ1) is 8.22. The molecule has 1 N–H and O–H groups in total. The summed E-state index contributed by atoms with van der Waals surface area (Å²) in [7, 11) is 0. The Morgan fingerprint density at radius 3 is 2.50 bits per heavy atom. The molecule has 1 aromatic rings. The maximum absolute atomic E-state index is 12.0. The van der Waals surface area contributed by atoms with Crippen LogP contribution in [0.5, 0.6) is 0 Å². The molecule has 98 valence electrons. The molecule has 0 aliphatic rings. The van der Waals surface area contributed by atoms with Crippen molar-refractivity contribution in [1.29, 1.82) is 0 Å². The van der Waals surface area contributed by atoms with E-state index in [0.29, 0.717) is 10.7 Å². The second-order valence-corrected chi connectivity index (χ2v) is 5.84. The number of nitrogens with one attached hydrogen (secondary N) is 1. The fourth-order valence-electron chi connectivity index (χ4n) is 1.27. The minimum absolute atomic E-state index is 0.430. The number of benzene rings is 1. The van der Waals surface area contributed by atoms with Crippen molar-refractivity contribution in [3.8, 4) is 0 Å². The van der Waals surface area contributed by atoms with Crippen LogP contribution in [0.2, 0.25) is 5.02 Å². The van der Waals surface area contributed by atoms with Crippen LogP contribution in [0.25, 0.3) is 0 Å². The van der Waals surface area contributed by atoms with E-state index in [2.05, 4.69) is 27.9 Å². The molecule has 0 aliphatic heterocycles. The van der Waals surface area contributed by atoms with Crippen LogP contribution in [-0.4, -0.2) is 17.5 Å². The van der Waals surface area contributed by atoms with Crippen molar-refractivity contribution < 1.29 is 14.3 Å². The SMILES string of the molecule is CC(=O)OC(C)(C)C(=O)Nc1ccc(I)cc1Cl. The molecule has 1 rings (SSSR count). The average molecular weight is 382 g/mol. The zero-order valence-corrected chi connectivity index (χ0v) is 13.1. The highest BCUT2D eigenvalue weighted by atomic mass is 127. The Morgan fingerprint density at radius 1 is 1.39 bits per heavy atom. The Balaban J connectivity index is 2.84. The van der Waals surface area contributed by atoms with Crippen molar-refractivity contribution in [3.05, 3.63) is 26.8 Å². The van der Waals surface area contributed by atoms with Crippen molar-refractivity contribution in [2.45, 2.75) is 26.4 Å². The predicted molar refractivity (Wildman–Crippen MR) is 78.6 cm³/mol. The molecule has 18 heavy (non-hydrogen) atoms. The lowest BCUT2D eigenvalue weighted by Gasteiger charge is -2.23. The Kier molecular flexibility index (Phi) is 4.98. The highest BCUT2D eigenvalue weighted by molar-refractivity contribution is 14.1. The molecular formula is C12H13ClINO3. The number of amides is 1. The molecule has 0 aliphatic carbocycles. The maximum Gasteiger partial charge on any atom is 0.303 e. The van der Waals surface area contributed by atoms with Crippen molar-refractivity contribution in [2.75, 3.05) is 5.32 Å². The van der Waals surface area contributed by atoms with E-state index in [0.717, 1.165) is 3.57 Å². The van der Waals surface area contributed by atoms with Crippen LogP contribution < -0.4 is 5.32 Å². The van der Waals surface area contributed by atoms with Gasteiger partial charge in [0, 0.05) is 10.5 Å². The van der Waals surface area contributed by atoms with Gasteiger partial charge in [-0.15, -0.1) is 0 Å². The van der Waals surface area contributed by atoms with Crippen LogP contribution in [0.1, 0.15) is 20.8 Å². The molecule has 0 radical (unpaired) electrons. The smallest absolute Gasteiger partial charge is 0.303 e. The van der Waals surface area contributed by atoms with Crippen LogP contribution in [0.4, 0.5) is 5.69 Å². The average Bonchev–Trinajstić information content (AvgIpc) is 2.20. The molecule has 0 saturated carbocycles. The first-order valence-electron chi connectivity index (χ1n) is 5.18. The van der Waals surface area contributed by atoms with Crippen LogP contribution in [0.3, 0.4) is 0 Å². The number of anilines is 1. The fraction of sp³-hybridized carbons (Fsp3) is 0.333. The second-order valence-electron chi connectivity index (χ2n) is 4.18. The normalized spacial score (nSPS) is 10.9. The minimum atomic E-state index is -1.24. The van der Waals surface area contributed by atoms with Gasteiger partial charge in [0.2, 0.25) is 0 Å². The molecule has 0 spiro atoms. The standard InChI is InChI=1S/C12H13ClINO3/c1-7(16)18-12(2,3)11(17)15-10-5-4-8(14)6-9(10)13/h4-6H,1-3H3,(H,15,17). The van der Waals surface area contributed by atoms with Gasteiger partial charge in [0.15, 0.2) is 5.60 Å². The Bertz CT molecular complexity index is 488. The van der Waals surface area contributed by atoms with E-state index in [4.69, 9.17) is 16.3 Å². The molecule has 1 aromatic carbocycles. The number of hydrogen-bond donors (Lipinski definition) is 1. The summed E-state index contributed by atoms with van der Waals surface area (Å²) in [5.41, 5.74) is -0.750. The molecule has 0 unspecified atom stereocenters. The van der Waals surface area contributed by atoms with E-state index >= 15 is 0 Å². The van der Waals surface area contributed by atoms with Gasteiger partial charge in [0.25, 0.3) is 5.91 Å². The van der Waals surface area contributed by atoms with E-state index in [9.17, 15) is 9.59 Å². The van der Waals surface area contributed by atoms with Crippen LogP contribution in [0, 0.1) is 3.57 Å². The lowest BCUT2D eigenvalue weighted by molar-refractivity contribution is -0.160. The molecule has 6 heteroatoms. The van der Waals surface area contributed by atoms with Gasteiger partial charge >= 0.3 is 5.97 Å². The van der Waals surface area contributed by atoms with Crippen LogP contribution in [-0.2, 0) is 14.3 Å². The van der Waals surface area contributed by atoms with Gasteiger partial charge < -0.3 is 10.1 Å². The third-order valence-corrected chi connectivity index (χ3v) is 3.11. The highest BCUT2D eigenvalue weighted by Crippen LogP contribution is 2.25. The van der Waals surface area contributed by atoms with Gasteiger partial charge in [-0.2, -0.15) is 0 Å². The maximum atomic E-state index is 12.0. The summed E-state index contributed by atoms with van der Waals surface area (Å²) >= 11 is 8.12. The van der Waals surface area contributed by atoms with Crippen molar-refractivity contribution >= 4 is 51.8 Å². The lowest BCUT2D eigenvalue weighted by Crippen LogP contribution is -2.41. The Labute approximate surface area is 124 Å². The summed E-state index contributed by atoms with van der Waals surface area (Å²) in [5, 5.41) is 3.07. The van der Waals surface area contributed by atoms with E-state index in [1.54, 1.807) is 12.1 Å². The van der Waals surface area contributed by atoms with Gasteiger partial charge in [-0.25, -0.2) is 0 Å². The minimum Gasteiger partial charge on any atom is -0.450 e. The zero-order valence-electron chi connectivity index (χ0n) is 10.2. The summed E-state index contributed by atoms with van der Waals surface area (Å²) in [6.07, 6.45) is 0. The van der Waals surface area contributed by atoms with E-state index < -0.39 is 17.5 Å².